The molecule has 0 radical (unpaired) electrons. The average Bonchev–Trinajstić information content (AvgIpc) is 3.29. The second-order valence-corrected chi connectivity index (χ2v) is 8.19. The summed E-state index contributed by atoms with van der Waals surface area (Å²) in [5, 5.41) is 15.5. The molecule has 0 aliphatic carbocycles. The Labute approximate surface area is 179 Å². The second kappa shape index (κ2) is 7.28. The topological polar surface area (TPSA) is 99.2 Å². The molecule has 31 heavy (non-hydrogen) atoms. The molecule has 9 nitrogen and oxygen atoms in total. The smallest absolute Gasteiger partial charge is 0.274 e. The van der Waals surface area contributed by atoms with Gasteiger partial charge in [-0.2, -0.15) is 5.10 Å². The summed E-state index contributed by atoms with van der Waals surface area (Å²) in [7, 11) is 1.94. The summed E-state index contributed by atoms with van der Waals surface area (Å²) in [4.78, 5) is 17.6. The number of nitrogens with zero attached hydrogens (tertiary/aromatic N) is 6. The first-order valence-corrected chi connectivity index (χ1v) is 10.1. The number of rotatable bonds is 5. The van der Waals surface area contributed by atoms with Crippen molar-refractivity contribution in [1.29, 1.82) is 0 Å². The SMILES string of the molecule is Cc1cc(C(=O)Nc2cccc(C3(Cc4nncn4C)COC3)c2)n2ncc(C)c2n1. The van der Waals surface area contributed by atoms with Crippen molar-refractivity contribution in [3.05, 3.63) is 71.2 Å². The van der Waals surface area contributed by atoms with E-state index >= 15 is 0 Å². The van der Waals surface area contributed by atoms with Crippen molar-refractivity contribution in [3.63, 3.8) is 0 Å². The number of benzene rings is 1. The summed E-state index contributed by atoms with van der Waals surface area (Å²) in [5.74, 6) is 0.671. The Morgan fingerprint density at radius 2 is 2.10 bits per heavy atom. The number of aryl methyl sites for hydroxylation is 3. The van der Waals surface area contributed by atoms with E-state index in [-0.39, 0.29) is 11.3 Å². The third kappa shape index (κ3) is 3.36. The molecule has 4 heterocycles. The maximum absolute atomic E-state index is 13.1. The molecule has 1 aromatic carbocycles. The minimum Gasteiger partial charge on any atom is -0.379 e. The van der Waals surface area contributed by atoms with Crippen LogP contribution in [-0.4, -0.2) is 48.5 Å². The third-order valence-corrected chi connectivity index (χ3v) is 5.80. The largest absolute Gasteiger partial charge is 0.379 e. The molecular formula is C22H23N7O2. The van der Waals surface area contributed by atoms with Gasteiger partial charge in [-0.15, -0.1) is 10.2 Å². The molecule has 1 amide bonds. The van der Waals surface area contributed by atoms with Crippen LogP contribution in [0.4, 0.5) is 5.69 Å². The summed E-state index contributed by atoms with van der Waals surface area (Å²) in [6.45, 7) is 5.01. The summed E-state index contributed by atoms with van der Waals surface area (Å²) in [5.41, 5.74) is 4.47. The lowest BCUT2D eigenvalue weighted by molar-refractivity contribution is -0.0610. The third-order valence-electron chi connectivity index (χ3n) is 5.80. The molecule has 1 saturated heterocycles. The van der Waals surface area contributed by atoms with E-state index < -0.39 is 0 Å². The molecule has 0 spiro atoms. The van der Waals surface area contributed by atoms with Crippen LogP contribution in [0, 0.1) is 13.8 Å². The molecule has 9 heteroatoms. The maximum Gasteiger partial charge on any atom is 0.274 e. The normalized spacial score (nSPS) is 15.1. The molecule has 0 unspecified atom stereocenters. The Morgan fingerprint density at radius 3 is 2.81 bits per heavy atom. The molecule has 5 rings (SSSR count). The number of fused-ring (bicyclic) bond motifs is 1. The quantitative estimate of drug-likeness (QED) is 0.535. The number of ether oxygens (including phenoxy) is 1. The van der Waals surface area contributed by atoms with Gasteiger partial charge in [0, 0.05) is 35.8 Å². The first-order chi connectivity index (χ1) is 14.9. The minimum atomic E-state index is -0.233. The van der Waals surface area contributed by atoms with Crippen LogP contribution >= 0.6 is 0 Å². The van der Waals surface area contributed by atoms with Gasteiger partial charge < -0.3 is 14.6 Å². The van der Waals surface area contributed by atoms with Crippen molar-refractivity contribution in [2.24, 2.45) is 7.05 Å². The number of hydrogen-bond acceptors (Lipinski definition) is 6. The summed E-state index contributed by atoms with van der Waals surface area (Å²) >= 11 is 0. The number of aromatic nitrogens is 6. The molecule has 3 aromatic heterocycles. The minimum absolute atomic E-state index is 0.179. The Morgan fingerprint density at radius 1 is 1.26 bits per heavy atom. The zero-order valence-electron chi connectivity index (χ0n) is 17.7. The Hall–Kier alpha value is -3.59. The van der Waals surface area contributed by atoms with Gasteiger partial charge >= 0.3 is 0 Å². The fourth-order valence-corrected chi connectivity index (χ4v) is 3.97. The van der Waals surface area contributed by atoms with Crippen LogP contribution in [0.1, 0.15) is 33.1 Å². The van der Waals surface area contributed by atoms with E-state index in [4.69, 9.17) is 4.74 Å². The van der Waals surface area contributed by atoms with E-state index in [2.05, 4.69) is 31.7 Å². The molecule has 0 bridgehead atoms. The number of anilines is 1. The predicted octanol–water partition coefficient (Wildman–Crippen LogP) is 2.24. The van der Waals surface area contributed by atoms with Gasteiger partial charge in [0.25, 0.3) is 5.91 Å². The van der Waals surface area contributed by atoms with Crippen molar-refractivity contribution in [2.45, 2.75) is 25.7 Å². The van der Waals surface area contributed by atoms with E-state index in [1.807, 2.05) is 43.7 Å². The molecular weight excluding hydrogens is 394 g/mol. The lowest BCUT2D eigenvalue weighted by Crippen LogP contribution is -2.49. The number of hydrogen-bond donors (Lipinski definition) is 1. The number of carbonyl (C=O) groups is 1. The Bertz CT molecular complexity index is 1290. The number of amides is 1. The highest BCUT2D eigenvalue weighted by Crippen LogP contribution is 2.36. The van der Waals surface area contributed by atoms with Crippen molar-refractivity contribution >= 4 is 17.2 Å². The van der Waals surface area contributed by atoms with Crippen molar-refractivity contribution in [3.8, 4) is 0 Å². The maximum atomic E-state index is 13.1. The average molecular weight is 417 g/mol. The van der Waals surface area contributed by atoms with E-state index in [1.165, 1.54) is 0 Å². The van der Waals surface area contributed by atoms with Crippen LogP contribution in [0.25, 0.3) is 5.65 Å². The Kier molecular flexibility index (Phi) is 4.55. The van der Waals surface area contributed by atoms with Crippen molar-refractivity contribution < 1.29 is 9.53 Å². The molecule has 0 saturated carbocycles. The first kappa shape index (κ1) is 19.4. The highest BCUT2D eigenvalue weighted by atomic mass is 16.5. The summed E-state index contributed by atoms with van der Waals surface area (Å²) in [6.07, 6.45) is 4.14. The van der Waals surface area contributed by atoms with Crippen LogP contribution in [0.15, 0.2) is 42.9 Å². The fourth-order valence-electron chi connectivity index (χ4n) is 3.97. The van der Waals surface area contributed by atoms with Gasteiger partial charge in [0.15, 0.2) is 5.65 Å². The van der Waals surface area contributed by atoms with Gasteiger partial charge in [0.05, 0.1) is 19.4 Å². The lowest BCUT2D eigenvalue weighted by atomic mass is 9.75. The molecule has 0 atom stereocenters. The molecule has 1 aliphatic heterocycles. The standard InChI is InChI=1S/C22H23N7O2/c1-14-10-24-29-18(7-15(2)25-20(14)29)21(30)26-17-6-4-5-16(8-17)22(11-31-12-22)9-19-27-23-13-28(19)3/h4-8,10,13H,9,11-12H2,1-3H3,(H,26,30). The second-order valence-electron chi connectivity index (χ2n) is 8.19. The van der Waals surface area contributed by atoms with Crippen LogP contribution in [0.3, 0.4) is 0 Å². The van der Waals surface area contributed by atoms with Gasteiger partial charge in [-0.1, -0.05) is 12.1 Å². The van der Waals surface area contributed by atoms with Gasteiger partial charge in [-0.05, 0) is 37.6 Å². The van der Waals surface area contributed by atoms with Gasteiger partial charge in [-0.3, -0.25) is 4.79 Å². The van der Waals surface area contributed by atoms with E-state index in [9.17, 15) is 4.79 Å². The number of carbonyl (C=O) groups excluding carboxylic acids is 1. The fraction of sp³-hybridized carbons (Fsp3) is 0.318. The highest BCUT2D eigenvalue weighted by molar-refractivity contribution is 6.03. The Balaban J connectivity index is 1.43. The highest BCUT2D eigenvalue weighted by Gasteiger charge is 2.41. The van der Waals surface area contributed by atoms with Crippen LogP contribution in [0.2, 0.25) is 0 Å². The predicted molar refractivity (Wildman–Crippen MR) is 114 cm³/mol. The summed E-state index contributed by atoms with van der Waals surface area (Å²) < 4.78 is 9.08. The van der Waals surface area contributed by atoms with Crippen LogP contribution in [-0.2, 0) is 23.6 Å². The monoisotopic (exact) mass is 417 g/mol. The summed E-state index contributed by atoms with van der Waals surface area (Å²) in [6, 6.07) is 9.66. The molecule has 1 N–H and O–H groups in total. The lowest BCUT2D eigenvalue weighted by Gasteiger charge is -2.41. The van der Waals surface area contributed by atoms with Gasteiger partial charge in [0.1, 0.15) is 17.8 Å². The molecule has 158 valence electrons. The van der Waals surface area contributed by atoms with E-state index in [0.29, 0.717) is 24.6 Å². The van der Waals surface area contributed by atoms with E-state index in [0.717, 1.165) is 34.8 Å². The van der Waals surface area contributed by atoms with Gasteiger partial charge in [0.2, 0.25) is 0 Å². The molecule has 4 aromatic rings. The van der Waals surface area contributed by atoms with Crippen molar-refractivity contribution in [1.82, 2.24) is 29.4 Å². The van der Waals surface area contributed by atoms with Gasteiger partial charge in [-0.25, -0.2) is 9.50 Å². The zero-order chi connectivity index (χ0) is 21.6. The molecule has 1 fully saturated rings. The van der Waals surface area contributed by atoms with Crippen LogP contribution < -0.4 is 5.32 Å². The zero-order valence-corrected chi connectivity index (χ0v) is 17.7. The van der Waals surface area contributed by atoms with Crippen molar-refractivity contribution in [2.75, 3.05) is 18.5 Å². The van der Waals surface area contributed by atoms with Crippen LogP contribution in [0.5, 0.6) is 0 Å². The molecule has 1 aliphatic rings. The number of nitrogens with one attached hydrogen (secondary N) is 1. The first-order valence-electron chi connectivity index (χ1n) is 10.1. The van der Waals surface area contributed by atoms with E-state index in [1.54, 1.807) is 23.1 Å².